The zero-order chi connectivity index (χ0) is 26.1. The second-order valence-electron chi connectivity index (χ2n) is 11.1. The van der Waals surface area contributed by atoms with Crippen molar-refractivity contribution in [3.05, 3.63) is 0 Å². The van der Waals surface area contributed by atoms with Gasteiger partial charge in [-0.2, -0.15) is 0 Å². The summed E-state index contributed by atoms with van der Waals surface area (Å²) < 4.78 is 11.4. The Morgan fingerprint density at radius 1 is 0.971 bits per heavy atom. The Balaban J connectivity index is 2.67. The predicted molar refractivity (Wildman–Crippen MR) is 141 cm³/mol. The number of hydrogen-bond acceptors (Lipinski definition) is 5. The Morgan fingerprint density at radius 2 is 1.63 bits per heavy atom. The quantitative estimate of drug-likeness (QED) is 0.102. The zero-order valence-electron chi connectivity index (χ0n) is 23.2. The minimum Gasteiger partial charge on any atom is -0.461 e. The number of carbonyl (C=O) groups is 3. The maximum Gasteiger partial charge on any atom is 0.328 e. The first kappa shape index (κ1) is 31.4. The van der Waals surface area contributed by atoms with Crippen molar-refractivity contribution in [1.82, 2.24) is 5.32 Å². The Hall–Kier alpha value is -1.59. The fourth-order valence-corrected chi connectivity index (χ4v) is 4.98. The molecule has 6 heteroatoms. The van der Waals surface area contributed by atoms with E-state index in [4.69, 9.17) is 9.47 Å². The van der Waals surface area contributed by atoms with Gasteiger partial charge in [-0.15, -0.1) is 0 Å². The van der Waals surface area contributed by atoms with Crippen molar-refractivity contribution >= 4 is 18.3 Å². The summed E-state index contributed by atoms with van der Waals surface area (Å²) in [5.74, 6) is 0.338. The molecule has 0 aromatic rings. The van der Waals surface area contributed by atoms with Crippen molar-refractivity contribution in [3.8, 4) is 0 Å². The molecule has 0 aromatic carbocycles. The summed E-state index contributed by atoms with van der Waals surface area (Å²) in [6.07, 6.45) is 15.8. The first-order valence-corrected chi connectivity index (χ1v) is 14.4. The van der Waals surface area contributed by atoms with Crippen molar-refractivity contribution < 1.29 is 23.9 Å². The highest BCUT2D eigenvalue weighted by Crippen LogP contribution is 2.33. The van der Waals surface area contributed by atoms with E-state index in [1.165, 1.54) is 44.9 Å². The minimum absolute atomic E-state index is 0.0786. The molecule has 1 rings (SSSR count). The standard InChI is InChI=1S/C29H53NO5/c1-6-8-10-12-15-23(5)16-14-17-24(34-29(33)26(30-21-31)19-22(3)4)20-27-25(28(32)35-27)18-13-11-9-7-2/h21-27H,6-20H2,1-5H3,(H,30,31). The molecule has 204 valence electrons. The predicted octanol–water partition coefficient (Wildman–Crippen LogP) is 6.74. The lowest BCUT2D eigenvalue weighted by molar-refractivity contribution is -0.190. The summed E-state index contributed by atoms with van der Waals surface area (Å²) in [7, 11) is 0. The van der Waals surface area contributed by atoms with Crippen LogP contribution >= 0.6 is 0 Å². The first-order chi connectivity index (χ1) is 16.8. The van der Waals surface area contributed by atoms with Crippen molar-refractivity contribution in [2.75, 3.05) is 0 Å². The van der Waals surface area contributed by atoms with Crippen molar-refractivity contribution in [3.63, 3.8) is 0 Å². The molecule has 1 heterocycles. The smallest absolute Gasteiger partial charge is 0.328 e. The number of hydrogen-bond donors (Lipinski definition) is 1. The second-order valence-corrected chi connectivity index (χ2v) is 11.1. The topological polar surface area (TPSA) is 81.7 Å². The van der Waals surface area contributed by atoms with Gasteiger partial charge in [-0.05, 0) is 37.5 Å². The normalized spacial score (nSPS) is 20.0. The fourth-order valence-electron chi connectivity index (χ4n) is 4.98. The molecule has 5 unspecified atom stereocenters. The second kappa shape index (κ2) is 18.6. The van der Waals surface area contributed by atoms with Gasteiger partial charge in [0, 0.05) is 6.42 Å². The summed E-state index contributed by atoms with van der Waals surface area (Å²) in [5, 5.41) is 2.62. The van der Waals surface area contributed by atoms with Crippen LogP contribution in [0.15, 0.2) is 0 Å². The van der Waals surface area contributed by atoms with Gasteiger partial charge < -0.3 is 14.8 Å². The van der Waals surface area contributed by atoms with Crippen molar-refractivity contribution in [1.29, 1.82) is 0 Å². The molecule has 0 spiro atoms. The first-order valence-electron chi connectivity index (χ1n) is 14.4. The number of ether oxygens (including phenoxy) is 2. The molecule has 0 radical (unpaired) electrons. The molecule has 1 amide bonds. The molecule has 0 aromatic heterocycles. The lowest BCUT2D eigenvalue weighted by Crippen LogP contribution is -2.48. The van der Waals surface area contributed by atoms with E-state index in [9.17, 15) is 14.4 Å². The van der Waals surface area contributed by atoms with Gasteiger partial charge in [0.25, 0.3) is 0 Å². The molecule has 1 saturated heterocycles. The molecule has 1 aliphatic rings. The molecule has 0 bridgehead atoms. The fraction of sp³-hybridized carbons (Fsp3) is 0.897. The summed E-state index contributed by atoms with van der Waals surface area (Å²) in [5.41, 5.74) is 0. The van der Waals surface area contributed by atoms with Gasteiger partial charge in [-0.25, -0.2) is 4.79 Å². The lowest BCUT2D eigenvalue weighted by Gasteiger charge is -2.37. The van der Waals surface area contributed by atoms with Gasteiger partial charge in [-0.1, -0.05) is 98.8 Å². The number of cyclic esters (lactones) is 1. The number of nitrogens with one attached hydrogen (secondary N) is 1. The third kappa shape index (κ3) is 13.3. The van der Waals surface area contributed by atoms with Crippen LogP contribution in [-0.4, -0.2) is 36.6 Å². The molecular formula is C29H53NO5. The van der Waals surface area contributed by atoms with Crippen molar-refractivity contribution in [2.45, 2.75) is 149 Å². The average Bonchev–Trinajstić information content (AvgIpc) is 2.80. The SMILES string of the molecule is CCCCCCC(C)CCCC(CC1OC(=O)C1CCCCCC)OC(=O)C(CC(C)C)NC=O. The van der Waals surface area contributed by atoms with Crippen LogP contribution in [0, 0.1) is 17.8 Å². The summed E-state index contributed by atoms with van der Waals surface area (Å²) >= 11 is 0. The van der Waals surface area contributed by atoms with Crippen LogP contribution in [0.4, 0.5) is 0 Å². The molecule has 0 aliphatic carbocycles. The van der Waals surface area contributed by atoms with Crippen LogP contribution < -0.4 is 5.32 Å². The van der Waals surface area contributed by atoms with E-state index < -0.39 is 6.04 Å². The molecule has 0 saturated carbocycles. The number of esters is 2. The Labute approximate surface area is 214 Å². The van der Waals surface area contributed by atoms with E-state index in [0.717, 1.165) is 38.5 Å². The van der Waals surface area contributed by atoms with Crippen molar-refractivity contribution in [2.24, 2.45) is 17.8 Å². The van der Waals surface area contributed by atoms with Crippen LogP contribution in [0.5, 0.6) is 0 Å². The van der Waals surface area contributed by atoms with E-state index in [-0.39, 0.29) is 36.0 Å². The maximum absolute atomic E-state index is 12.9. The average molecular weight is 496 g/mol. The molecule has 1 fully saturated rings. The lowest BCUT2D eigenvalue weighted by atomic mass is 9.86. The van der Waals surface area contributed by atoms with E-state index in [1.54, 1.807) is 0 Å². The molecule has 1 N–H and O–H groups in total. The van der Waals surface area contributed by atoms with Gasteiger partial charge in [0.1, 0.15) is 18.2 Å². The van der Waals surface area contributed by atoms with Crippen LogP contribution in [-0.2, 0) is 23.9 Å². The number of carbonyl (C=O) groups excluding carboxylic acids is 3. The monoisotopic (exact) mass is 495 g/mol. The van der Waals surface area contributed by atoms with Crippen LogP contribution in [0.1, 0.15) is 131 Å². The van der Waals surface area contributed by atoms with Gasteiger partial charge in [0.15, 0.2) is 0 Å². The van der Waals surface area contributed by atoms with Gasteiger partial charge >= 0.3 is 11.9 Å². The number of unbranched alkanes of at least 4 members (excludes halogenated alkanes) is 6. The molecule has 5 atom stereocenters. The van der Waals surface area contributed by atoms with E-state index in [0.29, 0.717) is 25.2 Å². The van der Waals surface area contributed by atoms with Gasteiger partial charge in [0.05, 0.1) is 5.92 Å². The third-order valence-corrected chi connectivity index (χ3v) is 7.20. The molecule has 1 aliphatic heterocycles. The summed E-state index contributed by atoms with van der Waals surface area (Å²) in [6, 6.07) is -0.638. The summed E-state index contributed by atoms with van der Waals surface area (Å²) in [4.78, 5) is 36.0. The highest BCUT2D eigenvalue weighted by Gasteiger charge is 2.43. The van der Waals surface area contributed by atoms with Gasteiger partial charge in [-0.3, -0.25) is 9.59 Å². The van der Waals surface area contributed by atoms with Crippen LogP contribution in [0.3, 0.4) is 0 Å². The largest absolute Gasteiger partial charge is 0.461 e. The Bertz CT molecular complexity index is 594. The highest BCUT2D eigenvalue weighted by molar-refractivity contribution is 5.79. The number of rotatable bonds is 22. The molecular weight excluding hydrogens is 442 g/mol. The van der Waals surface area contributed by atoms with Gasteiger partial charge in [0.2, 0.25) is 6.41 Å². The zero-order valence-corrected chi connectivity index (χ0v) is 23.2. The molecule has 6 nitrogen and oxygen atoms in total. The third-order valence-electron chi connectivity index (χ3n) is 7.20. The Morgan fingerprint density at radius 3 is 2.23 bits per heavy atom. The molecule has 35 heavy (non-hydrogen) atoms. The van der Waals surface area contributed by atoms with Crippen LogP contribution in [0.2, 0.25) is 0 Å². The van der Waals surface area contributed by atoms with Crippen LogP contribution in [0.25, 0.3) is 0 Å². The minimum atomic E-state index is -0.638. The highest BCUT2D eigenvalue weighted by atomic mass is 16.6. The Kier molecular flexibility index (Phi) is 16.8. The van der Waals surface area contributed by atoms with E-state index in [2.05, 4.69) is 26.1 Å². The van der Waals surface area contributed by atoms with E-state index >= 15 is 0 Å². The number of amides is 1. The van der Waals surface area contributed by atoms with E-state index in [1.807, 2.05) is 13.8 Å². The maximum atomic E-state index is 12.9. The summed E-state index contributed by atoms with van der Waals surface area (Å²) in [6.45, 7) is 10.7.